The van der Waals surface area contributed by atoms with Crippen LogP contribution in [0.25, 0.3) is 32.3 Å². The van der Waals surface area contributed by atoms with Crippen LogP contribution in [0.2, 0.25) is 0 Å². The van der Waals surface area contributed by atoms with Crippen LogP contribution in [0.5, 0.6) is 0 Å². The molecule has 0 spiro atoms. The number of fused-ring (bicyclic) bond motifs is 2. The van der Waals surface area contributed by atoms with Gasteiger partial charge >= 0.3 is 5.63 Å². The Morgan fingerprint density at radius 1 is 1.12 bits per heavy atom. The molecule has 2 aromatic carbocycles. The lowest BCUT2D eigenvalue weighted by Crippen LogP contribution is -2.29. The second-order valence-electron chi connectivity index (χ2n) is 7.53. The van der Waals surface area contributed by atoms with Crippen molar-refractivity contribution in [1.82, 2.24) is 9.66 Å². The van der Waals surface area contributed by atoms with Gasteiger partial charge in [-0.05, 0) is 36.1 Å². The topological polar surface area (TPSA) is 91.1 Å². The Balaban J connectivity index is 1.55. The van der Waals surface area contributed by atoms with Crippen LogP contribution in [-0.2, 0) is 5.75 Å². The van der Waals surface area contributed by atoms with Crippen molar-refractivity contribution in [2.24, 2.45) is 0 Å². The summed E-state index contributed by atoms with van der Waals surface area (Å²) in [5.41, 5.74) is 4.49. The molecule has 32 heavy (non-hydrogen) atoms. The Kier molecular flexibility index (Phi) is 5.11. The number of hydrogen-bond donors (Lipinski definition) is 1. The molecule has 3 heterocycles. The van der Waals surface area contributed by atoms with E-state index >= 15 is 0 Å². The van der Waals surface area contributed by atoms with Crippen LogP contribution in [0, 0.1) is 13.8 Å². The molecule has 0 aliphatic rings. The molecule has 0 atom stereocenters. The molecule has 6 nitrogen and oxygen atoms in total. The third-order valence-corrected chi connectivity index (χ3v) is 7.44. The summed E-state index contributed by atoms with van der Waals surface area (Å²) in [5.74, 6) is 6.58. The quantitative estimate of drug-likeness (QED) is 0.178. The molecular weight excluding hydrogens is 442 g/mol. The number of thioether (sulfide) groups is 1. The Morgan fingerprint density at radius 2 is 1.91 bits per heavy atom. The van der Waals surface area contributed by atoms with E-state index in [0.717, 1.165) is 37.9 Å². The van der Waals surface area contributed by atoms with Crippen LogP contribution < -0.4 is 17.0 Å². The molecule has 8 heteroatoms. The van der Waals surface area contributed by atoms with Gasteiger partial charge in [-0.2, -0.15) is 0 Å². The summed E-state index contributed by atoms with van der Waals surface area (Å²) >= 11 is 2.74. The Hall–Kier alpha value is -3.36. The number of hydrogen-bond acceptors (Lipinski definition) is 7. The van der Waals surface area contributed by atoms with Gasteiger partial charge in [0.1, 0.15) is 10.4 Å². The van der Waals surface area contributed by atoms with Gasteiger partial charge in [0, 0.05) is 28.1 Å². The zero-order chi connectivity index (χ0) is 22.4. The normalized spacial score (nSPS) is 11.4. The molecule has 0 fully saturated rings. The molecule has 0 amide bonds. The van der Waals surface area contributed by atoms with E-state index in [4.69, 9.17) is 10.3 Å². The lowest BCUT2D eigenvalue weighted by atomic mass is 10.0. The highest BCUT2D eigenvalue weighted by atomic mass is 32.2. The minimum atomic E-state index is -0.402. The average Bonchev–Trinajstić information content (AvgIpc) is 3.22. The standard InChI is InChI=1S/C24H19N3O3S2/c1-13-8-9-17-16(10-19(28)30-21(17)14(13)2)11-32-24-26-22-20(23(29)27(24)25)18(12-31-22)15-6-4-3-5-7-15/h3-10,12H,11,25H2,1-2H3. The van der Waals surface area contributed by atoms with E-state index in [1.54, 1.807) is 0 Å². The molecule has 0 aliphatic heterocycles. The highest BCUT2D eigenvalue weighted by molar-refractivity contribution is 7.98. The van der Waals surface area contributed by atoms with Crippen molar-refractivity contribution < 1.29 is 4.42 Å². The molecule has 0 saturated heterocycles. The number of nitrogen functional groups attached to an aromatic ring is 1. The monoisotopic (exact) mass is 461 g/mol. The average molecular weight is 462 g/mol. The van der Waals surface area contributed by atoms with Gasteiger partial charge in [-0.1, -0.05) is 54.2 Å². The van der Waals surface area contributed by atoms with Crippen molar-refractivity contribution in [1.29, 1.82) is 0 Å². The van der Waals surface area contributed by atoms with E-state index in [2.05, 4.69) is 4.98 Å². The lowest BCUT2D eigenvalue weighted by Gasteiger charge is -2.10. The van der Waals surface area contributed by atoms with Gasteiger partial charge in [-0.25, -0.2) is 14.5 Å². The molecule has 160 valence electrons. The van der Waals surface area contributed by atoms with Gasteiger partial charge in [0.2, 0.25) is 0 Å². The predicted octanol–water partition coefficient (Wildman–Crippen LogP) is 4.85. The second-order valence-corrected chi connectivity index (χ2v) is 9.33. The Morgan fingerprint density at radius 3 is 2.69 bits per heavy atom. The van der Waals surface area contributed by atoms with E-state index in [1.165, 1.54) is 29.2 Å². The highest BCUT2D eigenvalue weighted by Gasteiger charge is 2.17. The first-order chi connectivity index (χ1) is 15.4. The Bertz CT molecular complexity index is 1600. The summed E-state index contributed by atoms with van der Waals surface area (Å²) in [6.07, 6.45) is 0. The first-order valence-corrected chi connectivity index (χ1v) is 11.8. The summed E-state index contributed by atoms with van der Waals surface area (Å²) in [4.78, 5) is 30.5. The van der Waals surface area contributed by atoms with Crippen molar-refractivity contribution in [3.63, 3.8) is 0 Å². The summed E-state index contributed by atoms with van der Waals surface area (Å²) in [6, 6.07) is 15.2. The maximum atomic E-state index is 13.1. The van der Waals surface area contributed by atoms with Crippen molar-refractivity contribution in [2.75, 3.05) is 5.84 Å². The Labute approximate surface area is 191 Å². The van der Waals surface area contributed by atoms with Crippen molar-refractivity contribution in [3.05, 3.63) is 91.4 Å². The summed E-state index contributed by atoms with van der Waals surface area (Å²) in [7, 11) is 0. The van der Waals surface area contributed by atoms with Gasteiger partial charge in [0.05, 0.1) is 5.39 Å². The number of nitrogens with zero attached hydrogens (tertiary/aromatic N) is 2. The van der Waals surface area contributed by atoms with Crippen molar-refractivity contribution in [2.45, 2.75) is 24.8 Å². The maximum absolute atomic E-state index is 13.1. The second kappa shape index (κ2) is 7.96. The highest BCUT2D eigenvalue weighted by Crippen LogP contribution is 2.33. The van der Waals surface area contributed by atoms with Crippen LogP contribution in [0.4, 0.5) is 0 Å². The van der Waals surface area contributed by atoms with Gasteiger partial charge in [0.15, 0.2) is 5.16 Å². The molecule has 3 aromatic heterocycles. The molecule has 0 unspecified atom stereocenters. The van der Waals surface area contributed by atoms with Gasteiger partial charge in [0.25, 0.3) is 5.56 Å². The van der Waals surface area contributed by atoms with Crippen LogP contribution in [0.15, 0.2) is 73.1 Å². The molecule has 2 N–H and O–H groups in total. The van der Waals surface area contributed by atoms with Crippen LogP contribution in [0.1, 0.15) is 16.7 Å². The van der Waals surface area contributed by atoms with Crippen molar-refractivity contribution in [3.8, 4) is 11.1 Å². The lowest BCUT2D eigenvalue weighted by molar-refractivity contribution is 0.557. The number of aromatic nitrogens is 2. The summed E-state index contributed by atoms with van der Waals surface area (Å²) in [5, 5.41) is 3.72. The molecule has 5 aromatic rings. The number of aryl methyl sites for hydroxylation is 2. The molecule has 0 bridgehead atoms. The van der Waals surface area contributed by atoms with Crippen LogP contribution in [0.3, 0.4) is 0 Å². The van der Waals surface area contributed by atoms with E-state index < -0.39 is 5.63 Å². The summed E-state index contributed by atoms with van der Waals surface area (Å²) < 4.78 is 6.55. The minimum absolute atomic E-state index is 0.290. The largest absolute Gasteiger partial charge is 0.422 e. The van der Waals surface area contributed by atoms with Gasteiger partial charge < -0.3 is 10.3 Å². The first-order valence-electron chi connectivity index (χ1n) is 9.94. The number of thiophene rings is 1. The zero-order valence-corrected chi connectivity index (χ0v) is 19.0. The SMILES string of the molecule is Cc1ccc2c(CSc3nc4scc(-c5ccccc5)c4c(=O)n3N)cc(=O)oc2c1C. The third kappa shape index (κ3) is 3.41. The van der Waals surface area contributed by atoms with E-state index in [9.17, 15) is 9.59 Å². The van der Waals surface area contributed by atoms with E-state index in [0.29, 0.717) is 26.7 Å². The maximum Gasteiger partial charge on any atom is 0.336 e. The minimum Gasteiger partial charge on any atom is -0.422 e. The summed E-state index contributed by atoms with van der Waals surface area (Å²) in [6.45, 7) is 3.92. The van der Waals surface area contributed by atoms with Gasteiger partial charge in [-0.15, -0.1) is 11.3 Å². The predicted molar refractivity (Wildman–Crippen MR) is 131 cm³/mol. The molecule has 0 radical (unpaired) electrons. The number of benzene rings is 2. The van der Waals surface area contributed by atoms with Crippen LogP contribution >= 0.6 is 23.1 Å². The van der Waals surface area contributed by atoms with E-state index in [1.807, 2.05) is 61.7 Å². The van der Waals surface area contributed by atoms with Gasteiger partial charge in [-0.3, -0.25) is 4.79 Å². The number of nitrogens with two attached hydrogens (primary N) is 1. The fraction of sp³-hybridized carbons (Fsp3) is 0.125. The smallest absolute Gasteiger partial charge is 0.336 e. The molecule has 0 aliphatic carbocycles. The first kappa shape index (κ1) is 20.5. The van der Waals surface area contributed by atoms with Crippen LogP contribution in [-0.4, -0.2) is 9.66 Å². The molecular formula is C24H19N3O3S2. The molecule has 5 rings (SSSR count). The van der Waals surface area contributed by atoms with Crippen molar-refractivity contribution >= 4 is 44.3 Å². The fourth-order valence-electron chi connectivity index (χ4n) is 3.70. The molecule has 0 saturated carbocycles. The third-order valence-electron chi connectivity index (χ3n) is 5.57. The number of rotatable bonds is 4. The van der Waals surface area contributed by atoms with E-state index in [-0.39, 0.29) is 5.56 Å². The zero-order valence-electron chi connectivity index (χ0n) is 17.4. The fourth-order valence-corrected chi connectivity index (χ4v) is 5.60.